The summed E-state index contributed by atoms with van der Waals surface area (Å²) in [7, 11) is 0.0970. The molecule has 2 heterocycles. The molecule has 4 rings (SSSR count). The van der Waals surface area contributed by atoms with Crippen molar-refractivity contribution in [2.45, 2.75) is 11.3 Å². The molecule has 0 aromatic heterocycles. The predicted octanol–water partition coefficient (Wildman–Crippen LogP) is 2.64. The van der Waals surface area contributed by atoms with E-state index in [0.29, 0.717) is 33.6 Å². The second kappa shape index (κ2) is 8.19. The molecule has 8 nitrogen and oxygen atoms in total. The molecule has 1 amide bonds. The average Bonchev–Trinajstić information content (AvgIpc) is 3.20. The molecule has 2 aliphatic heterocycles. The van der Waals surface area contributed by atoms with E-state index in [0.717, 1.165) is 0 Å². The first-order chi connectivity index (χ1) is 14.4. The fourth-order valence-corrected chi connectivity index (χ4v) is 7.05. The Morgan fingerprint density at radius 1 is 1.13 bits per heavy atom. The number of carbonyl (C=O) groups is 1. The minimum atomic E-state index is -2.99. The largest absolute Gasteiger partial charge is 0.497 e. The summed E-state index contributed by atoms with van der Waals surface area (Å²) in [6.07, 6.45) is 0. The third kappa shape index (κ3) is 4.39. The molecule has 0 aliphatic carbocycles. The van der Waals surface area contributed by atoms with E-state index in [1.54, 1.807) is 43.5 Å². The molecular weight excluding hydrogens is 426 g/mol. The van der Waals surface area contributed by atoms with Gasteiger partial charge in [-0.25, -0.2) is 8.42 Å². The summed E-state index contributed by atoms with van der Waals surface area (Å²) in [4.78, 5) is 17.2. The summed E-state index contributed by atoms with van der Waals surface area (Å²) < 4.78 is 33.9. The second-order valence-electron chi connectivity index (χ2n) is 6.96. The van der Waals surface area contributed by atoms with E-state index in [1.165, 1.54) is 18.9 Å². The fourth-order valence-electron chi connectivity index (χ4n) is 3.37. The molecule has 1 fully saturated rings. The van der Waals surface area contributed by atoms with Gasteiger partial charge >= 0.3 is 0 Å². The summed E-state index contributed by atoms with van der Waals surface area (Å²) in [5.41, 5.74) is 1.70. The Labute approximate surface area is 179 Å². The Bertz CT molecular complexity index is 1120. The molecule has 158 valence electrons. The number of amides is 1. The monoisotopic (exact) mass is 447 g/mol. The van der Waals surface area contributed by atoms with Crippen LogP contribution in [0.2, 0.25) is 0 Å². The lowest BCUT2D eigenvalue weighted by molar-refractivity contribution is 0.102. The zero-order valence-corrected chi connectivity index (χ0v) is 18.0. The number of carbonyl (C=O) groups excluding carboxylic acids is 1. The topological polar surface area (TPSA) is 106 Å². The van der Waals surface area contributed by atoms with Crippen molar-refractivity contribution in [3.63, 3.8) is 0 Å². The summed E-state index contributed by atoms with van der Waals surface area (Å²) in [5.74, 6) is 1.09. The van der Waals surface area contributed by atoms with Gasteiger partial charge in [-0.05, 0) is 30.3 Å². The van der Waals surface area contributed by atoms with Crippen LogP contribution in [0.4, 0.5) is 11.4 Å². The number of hydrogen-bond donors (Lipinski definition) is 2. The number of ether oxygens (including phenoxy) is 2. The first kappa shape index (κ1) is 20.5. The third-order valence-electron chi connectivity index (χ3n) is 4.85. The quantitative estimate of drug-likeness (QED) is 0.726. The summed E-state index contributed by atoms with van der Waals surface area (Å²) >= 11 is 1.43. The summed E-state index contributed by atoms with van der Waals surface area (Å²) in [6.45, 7) is 0. The van der Waals surface area contributed by atoms with Gasteiger partial charge in [0.2, 0.25) is 0 Å². The maximum Gasteiger partial charge on any atom is 0.255 e. The number of aliphatic imine (C=N–C) groups is 1. The van der Waals surface area contributed by atoms with Crippen molar-refractivity contribution >= 4 is 44.0 Å². The molecule has 2 aromatic rings. The van der Waals surface area contributed by atoms with Crippen molar-refractivity contribution < 1.29 is 22.7 Å². The highest BCUT2D eigenvalue weighted by Gasteiger charge is 2.42. The molecule has 2 aliphatic rings. The number of amidine groups is 1. The van der Waals surface area contributed by atoms with Crippen molar-refractivity contribution in [3.8, 4) is 11.5 Å². The van der Waals surface area contributed by atoms with Crippen LogP contribution >= 0.6 is 11.8 Å². The Morgan fingerprint density at radius 2 is 1.97 bits per heavy atom. The van der Waals surface area contributed by atoms with Crippen LogP contribution < -0.4 is 20.1 Å². The first-order valence-electron chi connectivity index (χ1n) is 9.22. The number of methoxy groups -OCH3 is 2. The lowest BCUT2D eigenvalue weighted by Gasteiger charge is -2.12. The maximum atomic E-state index is 12.7. The highest BCUT2D eigenvalue weighted by molar-refractivity contribution is 8.15. The number of benzene rings is 2. The zero-order chi connectivity index (χ0) is 21.3. The molecule has 0 bridgehead atoms. The lowest BCUT2D eigenvalue weighted by Crippen LogP contribution is -2.14. The van der Waals surface area contributed by atoms with Gasteiger partial charge in [0.25, 0.3) is 5.91 Å². The van der Waals surface area contributed by atoms with Crippen LogP contribution in [0.25, 0.3) is 0 Å². The van der Waals surface area contributed by atoms with Gasteiger partial charge in [0.1, 0.15) is 11.5 Å². The predicted molar refractivity (Wildman–Crippen MR) is 119 cm³/mol. The number of fused-ring (bicyclic) bond motifs is 1. The van der Waals surface area contributed by atoms with Gasteiger partial charge in [-0.2, -0.15) is 0 Å². The Hall–Kier alpha value is -2.72. The Kier molecular flexibility index (Phi) is 5.61. The molecule has 2 atom stereocenters. The number of hydrogen-bond acceptors (Lipinski definition) is 8. The van der Waals surface area contributed by atoms with Crippen molar-refractivity contribution in [1.29, 1.82) is 0 Å². The number of nitrogens with one attached hydrogen (secondary N) is 2. The molecule has 1 saturated heterocycles. The van der Waals surface area contributed by atoms with E-state index < -0.39 is 9.84 Å². The molecule has 0 radical (unpaired) electrons. The van der Waals surface area contributed by atoms with Crippen molar-refractivity contribution in [3.05, 3.63) is 48.0 Å². The number of rotatable bonds is 5. The highest BCUT2D eigenvalue weighted by atomic mass is 32.2. The minimum absolute atomic E-state index is 0.0356. The molecule has 2 unspecified atom stereocenters. The van der Waals surface area contributed by atoms with Crippen LogP contribution in [0.15, 0.2) is 47.5 Å². The van der Waals surface area contributed by atoms with Gasteiger partial charge in [0, 0.05) is 22.6 Å². The van der Waals surface area contributed by atoms with Crippen LogP contribution in [0, 0.1) is 0 Å². The number of nitrogens with zero attached hydrogens (tertiary/aromatic N) is 1. The van der Waals surface area contributed by atoms with Gasteiger partial charge in [-0.1, -0.05) is 17.8 Å². The standard InChI is InChI=1S/C20H21N3O5S2/c1-27-14-6-7-15(17(9-14)28-2)22-19(24)12-4-3-5-13(8-12)21-20-23-16-10-30(25,26)11-18(16)29-20/h3-9,16,18H,10-11H2,1-2H3,(H,21,23)(H,22,24). The Balaban J connectivity index is 1.46. The number of anilines is 2. The van der Waals surface area contributed by atoms with Crippen molar-refractivity contribution in [1.82, 2.24) is 0 Å². The Morgan fingerprint density at radius 3 is 2.70 bits per heavy atom. The minimum Gasteiger partial charge on any atom is -0.497 e. The van der Waals surface area contributed by atoms with Gasteiger partial charge in [0.15, 0.2) is 15.0 Å². The SMILES string of the molecule is COc1ccc(NC(=O)c2cccc(NC3=NC4CS(=O)(=O)CC4S3)c2)c(OC)c1. The maximum absolute atomic E-state index is 12.7. The van der Waals surface area contributed by atoms with Crippen LogP contribution in [0.3, 0.4) is 0 Å². The summed E-state index contributed by atoms with van der Waals surface area (Å²) in [6, 6.07) is 12.0. The van der Waals surface area contributed by atoms with Gasteiger partial charge in [-0.15, -0.1) is 0 Å². The highest BCUT2D eigenvalue weighted by Crippen LogP contribution is 2.35. The van der Waals surface area contributed by atoms with E-state index in [-0.39, 0.29) is 28.7 Å². The van der Waals surface area contributed by atoms with Gasteiger partial charge < -0.3 is 20.1 Å². The van der Waals surface area contributed by atoms with Gasteiger partial charge in [-0.3, -0.25) is 9.79 Å². The van der Waals surface area contributed by atoms with E-state index in [4.69, 9.17) is 9.47 Å². The fraction of sp³-hybridized carbons (Fsp3) is 0.300. The van der Waals surface area contributed by atoms with Crippen LogP contribution in [-0.2, 0) is 9.84 Å². The summed E-state index contributed by atoms with van der Waals surface area (Å²) in [5, 5.41) is 6.67. The molecule has 2 N–H and O–H groups in total. The molecule has 30 heavy (non-hydrogen) atoms. The normalized spacial score (nSPS) is 21.5. The van der Waals surface area contributed by atoms with E-state index >= 15 is 0 Å². The van der Waals surface area contributed by atoms with Gasteiger partial charge in [0.05, 0.1) is 37.5 Å². The second-order valence-corrected chi connectivity index (χ2v) is 10.3. The number of sulfone groups is 1. The molecule has 0 saturated carbocycles. The van der Waals surface area contributed by atoms with Crippen molar-refractivity contribution in [2.24, 2.45) is 4.99 Å². The van der Waals surface area contributed by atoms with E-state index in [1.807, 2.05) is 6.07 Å². The van der Waals surface area contributed by atoms with Crippen LogP contribution in [-0.4, -0.2) is 56.5 Å². The number of thioether (sulfide) groups is 1. The van der Waals surface area contributed by atoms with Crippen molar-refractivity contribution in [2.75, 3.05) is 36.4 Å². The smallest absolute Gasteiger partial charge is 0.255 e. The van der Waals surface area contributed by atoms with E-state index in [9.17, 15) is 13.2 Å². The van der Waals surface area contributed by atoms with E-state index in [2.05, 4.69) is 15.6 Å². The van der Waals surface area contributed by atoms with Crippen LogP contribution in [0.1, 0.15) is 10.4 Å². The molecular formula is C20H21N3O5S2. The first-order valence-corrected chi connectivity index (χ1v) is 11.9. The zero-order valence-electron chi connectivity index (χ0n) is 16.4. The van der Waals surface area contributed by atoms with Crippen LogP contribution in [0.5, 0.6) is 11.5 Å². The average molecular weight is 448 g/mol. The molecule has 2 aromatic carbocycles. The lowest BCUT2D eigenvalue weighted by atomic mass is 10.1. The third-order valence-corrected chi connectivity index (χ3v) is 7.99. The molecule has 10 heteroatoms. The molecule has 0 spiro atoms.